The Morgan fingerprint density at radius 2 is 2.13 bits per heavy atom. The Morgan fingerprint density at radius 1 is 1.32 bits per heavy atom. The van der Waals surface area contributed by atoms with Crippen molar-refractivity contribution in [2.24, 2.45) is 0 Å². The van der Waals surface area contributed by atoms with Gasteiger partial charge in [0.15, 0.2) is 5.82 Å². The highest BCUT2D eigenvalue weighted by Gasteiger charge is 2.42. The molecule has 3 heterocycles. The van der Waals surface area contributed by atoms with Crippen LogP contribution in [0, 0.1) is 5.82 Å². The Hall–Kier alpha value is -3.43. The fraction of sp³-hybridized carbons (Fsp3) is 0.393. The van der Waals surface area contributed by atoms with E-state index in [9.17, 15) is 14.3 Å². The molecule has 0 saturated heterocycles. The topological polar surface area (TPSA) is 90.8 Å². The second kappa shape index (κ2) is 9.39. The maximum absolute atomic E-state index is 14.3. The van der Waals surface area contributed by atoms with Crippen molar-refractivity contribution >= 4 is 40.7 Å². The normalized spacial score (nSPS) is 20.7. The van der Waals surface area contributed by atoms with Gasteiger partial charge in [0.25, 0.3) is 0 Å². The first kappa shape index (κ1) is 24.9. The van der Waals surface area contributed by atoms with E-state index in [2.05, 4.69) is 28.3 Å². The number of fused-ring (bicyclic) bond motifs is 2. The fourth-order valence-electron chi connectivity index (χ4n) is 5.51. The van der Waals surface area contributed by atoms with E-state index in [4.69, 9.17) is 21.3 Å². The molecule has 8 nitrogen and oxygen atoms in total. The summed E-state index contributed by atoms with van der Waals surface area (Å²) in [5.41, 5.74) is 3.83. The predicted octanol–water partition coefficient (Wildman–Crippen LogP) is 5.43. The molecule has 1 aromatic heterocycles. The number of likely N-dealkylation sites (N-methyl/N-ethyl adjacent to an activating group) is 1. The van der Waals surface area contributed by atoms with Gasteiger partial charge >= 0.3 is 5.97 Å². The molecule has 6 rings (SSSR count). The van der Waals surface area contributed by atoms with Crippen molar-refractivity contribution in [3.63, 3.8) is 0 Å². The Kier molecular flexibility index (Phi) is 6.15. The number of benzene rings is 2. The van der Waals surface area contributed by atoms with Crippen LogP contribution in [0.4, 0.5) is 27.5 Å². The number of rotatable bonds is 7. The zero-order valence-corrected chi connectivity index (χ0v) is 22.1. The maximum atomic E-state index is 14.3. The summed E-state index contributed by atoms with van der Waals surface area (Å²) in [7, 11) is 2.11. The van der Waals surface area contributed by atoms with Crippen molar-refractivity contribution < 1.29 is 19.0 Å². The summed E-state index contributed by atoms with van der Waals surface area (Å²) in [6, 6.07) is 8.51. The molecule has 1 unspecified atom stereocenters. The van der Waals surface area contributed by atoms with Crippen LogP contribution in [-0.4, -0.2) is 52.2 Å². The van der Waals surface area contributed by atoms with Crippen LogP contribution in [0.15, 0.2) is 36.5 Å². The molecule has 2 aliphatic heterocycles. The minimum Gasteiger partial charge on any atom is -0.490 e. The lowest BCUT2D eigenvalue weighted by Gasteiger charge is -2.27. The number of anilines is 4. The van der Waals surface area contributed by atoms with E-state index < -0.39 is 17.2 Å². The fourth-order valence-corrected chi connectivity index (χ4v) is 5.70. The zero-order chi connectivity index (χ0) is 26.6. The molecule has 3 aromatic rings. The smallest absolute Gasteiger partial charge is 0.304 e. The van der Waals surface area contributed by atoms with Gasteiger partial charge in [-0.3, -0.25) is 4.79 Å². The van der Waals surface area contributed by atoms with Gasteiger partial charge in [0.1, 0.15) is 16.6 Å². The molecule has 10 heteroatoms. The Morgan fingerprint density at radius 3 is 2.89 bits per heavy atom. The largest absolute Gasteiger partial charge is 0.490 e. The zero-order valence-electron chi connectivity index (χ0n) is 21.3. The minimum atomic E-state index is -0.928. The number of hydrogen-bond acceptors (Lipinski definition) is 7. The molecule has 198 valence electrons. The summed E-state index contributed by atoms with van der Waals surface area (Å²) >= 11 is 6.55. The van der Waals surface area contributed by atoms with Crippen molar-refractivity contribution in [3.8, 4) is 5.75 Å². The SMILES string of the molecule is CN1CCc2c(cc(Nc3ncc(Cl)c(N4CC(C)(CC(=O)O)c5ccc(F)cc54)n3)cc2OC2CC2)C1. The van der Waals surface area contributed by atoms with Crippen LogP contribution in [0.25, 0.3) is 0 Å². The van der Waals surface area contributed by atoms with Crippen LogP contribution in [0.5, 0.6) is 5.75 Å². The summed E-state index contributed by atoms with van der Waals surface area (Å²) in [6.07, 6.45) is 4.78. The lowest BCUT2D eigenvalue weighted by atomic mass is 9.81. The number of ether oxygens (including phenoxy) is 1. The predicted molar refractivity (Wildman–Crippen MR) is 143 cm³/mol. The molecule has 1 atom stereocenters. The van der Waals surface area contributed by atoms with Gasteiger partial charge in [-0.15, -0.1) is 0 Å². The molecule has 0 radical (unpaired) electrons. The Balaban J connectivity index is 1.35. The first-order valence-electron chi connectivity index (χ1n) is 12.8. The van der Waals surface area contributed by atoms with Crippen LogP contribution in [0.2, 0.25) is 5.02 Å². The molecule has 1 saturated carbocycles. The lowest BCUT2D eigenvalue weighted by molar-refractivity contribution is -0.138. The van der Waals surface area contributed by atoms with Gasteiger partial charge in [-0.05, 0) is 55.6 Å². The average Bonchev–Trinajstić information content (AvgIpc) is 3.62. The van der Waals surface area contributed by atoms with Crippen molar-refractivity contribution in [2.75, 3.05) is 30.4 Å². The second-order valence-corrected chi connectivity index (χ2v) is 11.2. The summed E-state index contributed by atoms with van der Waals surface area (Å²) in [4.78, 5) is 24.8. The Labute approximate surface area is 225 Å². The highest BCUT2D eigenvalue weighted by Crippen LogP contribution is 2.47. The molecule has 38 heavy (non-hydrogen) atoms. The van der Waals surface area contributed by atoms with Crippen LogP contribution < -0.4 is 15.0 Å². The average molecular weight is 538 g/mol. The van der Waals surface area contributed by atoms with Crippen LogP contribution in [0.1, 0.15) is 42.9 Å². The third-order valence-corrected chi connectivity index (χ3v) is 7.76. The van der Waals surface area contributed by atoms with Gasteiger partial charge in [-0.25, -0.2) is 9.37 Å². The summed E-state index contributed by atoms with van der Waals surface area (Å²) in [5, 5.41) is 13.1. The van der Waals surface area contributed by atoms with E-state index in [1.807, 2.05) is 13.0 Å². The lowest BCUT2D eigenvalue weighted by Crippen LogP contribution is -2.31. The van der Waals surface area contributed by atoms with E-state index in [1.165, 1.54) is 29.5 Å². The van der Waals surface area contributed by atoms with Gasteiger partial charge < -0.3 is 25.0 Å². The van der Waals surface area contributed by atoms with Gasteiger partial charge in [-0.1, -0.05) is 24.6 Å². The number of aliphatic carboxylic acids is 1. The second-order valence-electron chi connectivity index (χ2n) is 10.8. The number of aromatic nitrogens is 2. The highest BCUT2D eigenvalue weighted by molar-refractivity contribution is 6.33. The van der Waals surface area contributed by atoms with E-state index in [0.717, 1.165) is 49.4 Å². The minimum absolute atomic E-state index is 0.108. The van der Waals surface area contributed by atoms with E-state index in [0.29, 0.717) is 24.0 Å². The third-order valence-electron chi connectivity index (χ3n) is 7.49. The van der Waals surface area contributed by atoms with Crippen molar-refractivity contribution in [1.82, 2.24) is 14.9 Å². The van der Waals surface area contributed by atoms with Crippen molar-refractivity contribution in [3.05, 3.63) is 64.1 Å². The molecular weight excluding hydrogens is 509 g/mol. The van der Waals surface area contributed by atoms with Crippen molar-refractivity contribution in [2.45, 2.75) is 50.7 Å². The molecule has 0 bridgehead atoms. The van der Waals surface area contributed by atoms with Gasteiger partial charge in [0, 0.05) is 48.1 Å². The molecular formula is C28H29ClFN5O3. The van der Waals surface area contributed by atoms with Crippen LogP contribution in [-0.2, 0) is 23.2 Å². The number of carbonyl (C=O) groups is 1. The van der Waals surface area contributed by atoms with Crippen molar-refractivity contribution in [1.29, 1.82) is 0 Å². The quantitative estimate of drug-likeness (QED) is 0.412. The summed E-state index contributed by atoms with van der Waals surface area (Å²) in [6.45, 7) is 3.97. The number of halogens is 2. The molecule has 0 spiro atoms. The van der Waals surface area contributed by atoms with Crippen LogP contribution >= 0.6 is 11.6 Å². The standard InChI is InChI=1S/C28H29ClFN5O3/c1-28(12-25(36)37)15-35(23-10-17(30)3-6-21(23)28)26-22(29)13-31-27(33-26)32-18-9-16-14-34(2)8-7-20(16)24(11-18)38-19-4-5-19/h3,6,9-11,13,19H,4-5,7-8,12,14-15H2,1-2H3,(H,36,37)(H,31,32,33). The Bertz CT molecular complexity index is 1430. The van der Waals surface area contributed by atoms with Gasteiger partial charge in [-0.2, -0.15) is 4.98 Å². The highest BCUT2D eigenvalue weighted by atomic mass is 35.5. The van der Waals surface area contributed by atoms with E-state index in [1.54, 1.807) is 11.0 Å². The number of carboxylic acid groups (broad SMARTS) is 1. The maximum Gasteiger partial charge on any atom is 0.304 e. The van der Waals surface area contributed by atoms with E-state index in [-0.39, 0.29) is 17.5 Å². The number of hydrogen-bond donors (Lipinski definition) is 2. The molecule has 2 aromatic carbocycles. The molecule has 0 amide bonds. The molecule has 1 fully saturated rings. The summed E-state index contributed by atoms with van der Waals surface area (Å²) in [5.74, 6) is 0.276. The van der Waals surface area contributed by atoms with Crippen LogP contribution in [0.3, 0.4) is 0 Å². The molecule has 2 N–H and O–H groups in total. The first-order chi connectivity index (χ1) is 18.2. The van der Waals surface area contributed by atoms with E-state index >= 15 is 0 Å². The summed E-state index contributed by atoms with van der Waals surface area (Å²) < 4.78 is 20.5. The molecule has 1 aliphatic carbocycles. The third kappa shape index (κ3) is 4.76. The number of carboxylic acids is 1. The number of nitrogens with one attached hydrogen (secondary N) is 1. The van der Waals surface area contributed by atoms with Gasteiger partial charge in [0.05, 0.1) is 18.7 Å². The molecule has 3 aliphatic rings. The number of nitrogens with zero attached hydrogens (tertiary/aromatic N) is 4. The monoisotopic (exact) mass is 537 g/mol. The first-order valence-corrected chi connectivity index (χ1v) is 13.2. The van der Waals surface area contributed by atoms with Gasteiger partial charge in [0.2, 0.25) is 5.95 Å².